The number of hydrogen-bond donors (Lipinski definition) is 0. The van der Waals surface area contributed by atoms with Crippen LogP contribution in [-0.4, -0.2) is 42.7 Å². The van der Waals surface area contributed by atoms with Crippen LogP contribution in [0.25, 0.3) is 6.08 Å². The van der Waals surface area contributed by atoms with Crippen molar-refractivity contribution >= 4 is 52.6 Å². The molecule has 0 N–H and O–H groups in total. The van der Waals surface area contributed by atoms with Crippen molar-refractivity contribution < 1.29 is 19.1 Å². The summed E-state index contributed by atoms with van der Waals surface area (Å²) in [6.07, 6.45) is 1.69. The summed E-state index contributed by atoms with van der Waals surface area (Å²) in [4.78, 5) is 28.0. The van der Waals surface area contributed by atoms with E-state index in [0.717, 1.165) is 16.9 Å². The van der Waals surface area contributed by atoms with E-state index < -0.39 is 5.97 Å². The Kier molecular flexibility index (Phi) is 6.20. The Labute approximate surface area is 179 Å². The minimum atomic E-state index is -0.505. The van der Waals surface area contributed by atoms with E-state index in [-0.39, 0.29) is 23.3 Å². The molecule has 0 aromatic heterocycles. The van der Waals surface area contributed by atoms with E-state index in [0.29, 0.717) is 10.7 Å². The molecule has 0 atom stereocenters. The molecule has 1 aliphatic heterocycles. The van der Waals surface area contributed by atoms with Crippen LogP contribution in [0.5, 0.6) is 5.75 Å². The van der Waals surface area contributed by atoms with Crippen LogP contribution in [-0.2, 0) is 14.3 Å². The van der Waals surface area contributed by atoms with Gasteiger partial charge in [0.2, 0.25) is 0 Å². The average molecular weight is 431 g/mol. The van der Waals surface area contributed by atoms with Crippen LogP contribution in [0.4, 0.5) is 5.69 Å². The molecular formula is C21H19ClN2O4S. The van der Waals surface area contributed by atoms with Gasteiger partial charge in [0.05, 0.1) is 19.9 Å². The first kappa shape index (κ1) is 20.8. The van der Waals surface area contributed by atoms with Crippen molar-refractivity contribution in [2.75, 3.05) is 25.7 Å². The van der Waals surface area contributed by atoms with Crippen LogP contribution in [0, 0.1) is 6.92 Å². The molecule has 1 saturated heterocycles. The van der Waals surface area contributed by atoms with Gasteiger partial charge >= 0.3 is 5.97 Å². The topological polar surface area (TPSA) is 59.1 Å². The summed E-state index contributed by atoms with van der Waals surface area (Å²) in [6.45, 7) is 1.74. The highest BCUT2D eigenvalue weighted by atomic mass is 35.5. The Morgan fingerprint density at radius 1 is 1.17 bits per heavy atom. The van der Waals surface area contributed by atoms with Gasteiger partial charge in [-0.3, -0.25) is 14.5 Å². The van der Waals surface area contributed by atoms with E-state index in [2.05, 4.69) is 0 Å². The van der Waals surface area contributed by atoms with E-state index >= 15 is 0 Å². The average Bonchev–Trinajstić information content (AvgIpc) is 2.93. The van der Waals surface area contributed by atoms with Gasteiger partial charge < -0.3 is 14.4 Å². The quantitative estimate of drug-likeness (QED) is 0.408. The molecule has 1 aliphatic rings. The monoisotopic (exact) mass is 430 g/mol. The molecule has 0 spiro atoms. The smallest absolute Gasteiger partial charge is 0.325 e. The van der Waals surface area contributed by atoms with Gasteiger partial charge in [0.15, 0.2) is 5.11 Å². The van der Waals surface area contributed by atoms with Gasteiger partial charge in [-0.05, 0) is 72.7 Å². The number of carbonyl (C=O) groups excluding carboxylic acids is 2. The molecule has 0 bridgehead atoms. The third-order valence-electron chi connectivity index (χ3n) is 4.46. The number of methoxy groups -OCH3 is 2. The lowest BCUT2D eigenvalue weighted by Crippen LogP contribution is -2.35. The van der Waals surface area contributed by atoms with E-state index in [4.69, 9.17) is 33.3 Å². The molecule has 0 aliphatic carbocycles. The molecule has 29 heavy (non-hydrogen) atoms. The molecule has 0 radical (unpaired) electrons. The number of amides is 1. The van der Waals surface area contributed by atoms with E-state index in [1.54, 1.807) is 37.5 Å². The van der Waals surface area contributed by atoms with Gasteiger partial charge in [0.1, 0.15) is 18.0 Å². The number of benzene rings is 2. The predicted octanol–water partition coefficient (Wildman–Crippen LogP) is 3.80. The number of nitrogens with zero attached hydrogens (tertiary/aromatic N) is 2. The maximum absolute atomic E-state index is 13.2. The molecular weight excluding hydrogens is 412 g/mol. The third-order valence-corrected chi connectivity index (χ3v) is 5.11. The second-order valence-electron chi connectivity index (χ2n) is 6.32. The SMILES string of the molecule is COC(=O)CN1C(=S)N(c2ccc(Cl)cc2)C(=O)/C1=C/c1ccc(OC)c(C)c1. The van der Waals surface area contributed by atoms with Crippen molar-refractivity contribution in [1.29, 1.82) is 0 Å². The molecule has 150 valence electrons. The van der Waals surface area contributed by atoms with Gasteiger partial charge in [0, 0.05) is 5.02 Å². The zero-order valence-electron chi connectivity index (χ0n) is 16.1. The van der Waals surface area contributed by atoms with Crippen LogP contribution in [0.1, 0.15) is 11.1 Å². The summed E-state index contributed by atoms with van der Waals surface area (Å²) in [5, 5.41) is 0.737. The Bertz CT molecular complexity index is 1000. The largest absolute Gasteiger partial charge is 0.496 e. The van der Waals surface area contributed by atoms with Crippen molar-refractivity contribution in [3.05, 3.63) is 64.3 Å². The second-order valence-corrected chi connectivity index (χ2v) is 7.12. The van der Waals surface area contributed by atoms with Gasteiger partial charge in [-0.1, -0.05) is 17.7 Å². The number of esters is 1. The van der Waals surface area contributed by atoms with Gasteiger partial charge in [-0.2, -0.15) is 0 Å². The Morgan fingerprint density at radius 2 is 1.86 bits per heavy atom. The Hall–Kier alpha value is -2.90. The lowest BCUT2D eigenvalue weighted by molar-refractivity contribution is -0.140. The molecule has 3 rings (SSSR count). The zero-order valence-corrected chi connectivity index (χ0v) is 17.7. The summed E-state index contributed by atoms with van der Waals surface area (Å²) in [5.74, 6) is -0.0979. The lowest BCUT2D eigenvalue weighted by atomic mass is 10.1. The first-order valence-electron chi connectivity index (χ1n) is 8.70. The van der Waals surface area contributed by atoms with Crippen LogP contribution in [0.3, 0.4) is 0 Å². The highest BCUT2D eigenvalue weighted by Crippen LogP contribution is 2.30. The van der Waals surface area contributed by atoms with Crippen molar-refractivity contribution in [3.63, 3.8) is 0 Å². The molecule has 0 unspecified atom stereocenters. The summed E-state index contributed by atoms with van der Waals surface area (Å²) in [7, 11) is 2.89. The number of thiocarbonyl (C=S) groups is 1. The molecule has 1 amide bonds. The number of aryl methyl sites for hydroxylation is 1. The van der Waals surface area contributed by atoms with Crippen LogP contribution < -0.4 is 9.64 Å². The van der Waals surface area contributed by atoms with Crippen LogP contribution in [0.2, 0.25) is 5.02 Å². The zero-order chi connectivity index (χ0) is 21.1. The third kappa shape index (κ3) is 4.26. The number of anilines is 1. The standard InChI is InChI=1S/C21H19ClN2O4S/c1-13-10-14(4-9-18(13)27-2)11-17-20(26)24(16-7-5-15(22)6-8-16)21(29)23(17)12-19(25)28-3/h4-11H,12H2,1-3H3/b17-11-. The normalized spacial score (nSPS) is 15.2. The molecule has 1 fully saturated rings. The second kappa shape index (κ2) is 8.63. The number of halogens is 1. The van der Waals surface area contributed by atoms with E-state index in [1.807, 2.05) is 25.1 Å². The lowest BCUT2D eigenvalue weighted by Gasteiger charge is -2.19. The molecule has 0 saturated carbocycles. The highest BCUT2D eigenvalue weighted by Gasteiger charge is 2.40. The van der Waals surface area contributed by atoms with Crippen molar-refractivity contribution in [1.82, 2.24) is 4.90 Å². The van der Waals surface area contributed by atoms with Gasteiger partial charge in [0.25, 0.3) is 5.91 Å². The molecule has 8 heteroatoms. The fourth-order valence-corrected chi connectivity index (χ4v) is 3.47. The molecule has 2 aromatic rings. The van der Waals surface area contributed by atoms with Gasteiger partial charge in [-0.15, -0.1) is 0 Å². The minimum Gasteiger partial charge on any atom is -0.496 e. The maximum Gasteiger partial charge on any atom is 0.325 e. The predicted molar refractivity (Wildman–Crippen MR) is 116 cm³/mol. The first-order chi connectivity index (χ1) is 13.8. The van der Waals surface area contributed by atoms with Crippen molar-refractivity contribution in [3.8, 4) is 5.75 Å². The number of hydrogen-bond acceptors (Lipinski definition) is 5. The first-order valence-corrected chi connectivity index (χ1v) is 9.49. The molecule has 2 aromatic carbocycles. The number of rotatable bonds is 5. The number of carbonyl (C=O) groups is 2. The fourth-order valence-electron chi connectivity index (χ4n) is 2.99. The minimum absolute atomic E-state index is 0.174. The maximum atomic E-state index is 13.2. The van der Waals surface area contributed by atoms with E-state index in [1.165, 1.54) is 16.9 Å². The fraction of sp³-hybridized carbons (Fsp3) is 0.190. The molecule has 6 nitrogen and oxygen atoms in total. The van der Waals surface area contributed by atoms with Crippen LogP contribution in [0.15, 0.2) is 48.2 Å². The number of ether oxygens (including phenoxy) is 2. The Morgan fingerprint density at radius 3 is 2.45 bits per heavy atom. The summed E-state index contributed by atoms with van der Waals surface area (Å²) >= 11 is 11.5. The highest BCUT2D eigenvalue weighted by molar-refractivity contribution is 7.80. The van der Waals surface area contributed by atoms with Crippen molar-refractivity contribution in [2.24, 2.45) is 0 Å². The summed E-state index contributed by atoms with van der Waals surface area (Å²) in [6, 6.07) is 12.3. The summed E-state index contributed by atoms with van der Waals surface area (Å²) in [5.41, 5.74) is 2.54. The van der Waals surface area contributed by atoms with Crippen LogP contribution >= 0.6 is 23.8 Å². The summed E-state index contributed by atoms with van der Waals surface area (Å²) < 4.78 is 10.1. The van der Waals surface area contributed by atoms with Crippen molar-refractivity contribution in [2.45, 2.75) is 6.92 Å². The molecule has 1 heterocycles. The van der Waals surface area contributed by atoms with E-state index in [9.17, 15) is 9.59 Å². The Balaban J connectivity index is 2.05. The van der Waals surface area contributed by atoms with Gasteiger partial charge in [-0.25, -0.2) is 0 Å².